The number of rotatable bonds is 7. The lowest BCUT2D eigenvalue weighted by Gasteiger charge is -2.28. The summed E-state index contributed by atoms with van der Waals surface area (Å²) >= 11 is 1.88. The Hall–Kier alpha value is -6.62. The van der Waals surface area contributed by atoms with Crippen LogP contribution in [-0.2, 0) is 0 Å². The predicted molar refractivity (Wildman–Crippen MR) is 223 cm³/mol. The van der Waals surface area contributed by atoms with Gasteiger partial charge in [-0.3, -0.25) is 0 Å². The van der Waals surface area contributed by atoms with Crippen molar-refractivity contribution in [1.82, 2.24) is 4.57 Å². The zero-order valence-electron chi connectivity index (χ0n) is 28.3. The van der Waals surface area contributed by atoms with E-state index in [0.29, 0.717) is 0 Å². The predicted octanol–water partition coefficient (Wildman–Crippen LogP) is 14.1. The molecule has 0 radical (unpaired) electrons. The lowest BCUT2D eigenvalue weighted by Crippen LogP contribution is -2.12. The molecule has 2 heterocycles. The van der Waals surface area contributed by atoms with E-state index in [1.54, 1.807) is 0 Å². The molecule has 0 aliphatic heterocycles. The van der Waals surface area contributed by atoms with Gasteiger partial charge in [0.05, 0.1) is 15.7 Å². The number of benzene rings is 8. The van der Waals surface area contributed by atoms with Crippen molar-refractivity contribution < 1.29 is 0 Å². The third-order valence-corrected chi connectivity index (χ3v) is 11.1. The van der Waals surface area contributed by atoms with Gasteiger partial charge in [0.25, 0.3) is 0 Å². The van der Waals surface area contributed by atoms with Crippen LogP contribution in [0.15, 0.2) is 200 Å². The summed E-state index contributed by atoms with van der Waals surface area (Å²) in [6.45, 7) is 0. The Morgan fingerprint density at radius 1 is 0.346 bits per heavy atom. The van der Waals surface area contributed by atoms with E-state index in [4.69, 9.17) is 0 Å². The van der Waals surface area contributed by atoms with Gasteiger partial charge in [0.15, 0.2) is 0 Å². The maximum absolute atomic E-state index is 2.45. The summed E-state index contributed by atoms with van der Waals surface area (Å²) < 4.78 is 5.08. The molecule has 0 fully saturated rings. The molecule has 8 aromatic carbocycles. The van der Waals surface area contributed by atoms with Crippen LogP contribution in [0.1, 0.15) is 0 Å². The third kappa shape index (κ3) is 5.04. The molecular weight excluding hydrogens is 651 g/mol. The lowest BCUT2D eigenvalue weighted by molar-refractivity contribution is 1.19. The van der Waals surface area contributed by atoms with Crippen molar-refractivity contribution in [2.45, 2.75) is 0 Å². The lowest BCUT2D eigenvalue weighted by atomic mass is 10.1. The van der Waals surface area contributed by atoms with Crippen molar-refractivity contribution in [2.75, 3.05) is 9.80 Å². The number of anilines is 6. The summed E-state index contributed by atoms with van der Waals surface area (Å²) in [7, 11) is 0. The molecule has 0 N–H and O–H groups in total. The van der Waals surface area contributed by atoms with Gasteiger partial charge in [-0.2, -0.15) is 0 Å². The van der Waals surface area contributed by atoms with Gasteiger partial charge in [0.1, 0.15) is 0 Å². The van der Waals surface area contributed by atoms with Crippen LogP contribution in [0.5, 0.6) is 0 Å². The van der Waals surface area contributed by atoms with Crippen molar-refractivity contribution in [3.63, 3.8) is 0 Å². The van der Waals surface area contributed by atoms with E-state index in [9.17, 15) is 0 Å². The molecule has 4 heteroatoms. The Labute approximate surface area is 306 Å². The van der Waals surface area contributed by atoms with Crippen molar-refractivity contribution in [1.29, 1.82) is 0 Å². The number of hydrogen-bond acceptors (Lipinski definition) is 3. The van der Waals surface area contributed by atoms with E-state index in [-0.39, 0.29) is 0 Å². The Kier molecular flexibility index (Phi) is 7.33. The second-order valence-electron chi connectivity index (χ2n) is 13.0. The van der Waals surface area contributed by atoms with Gasteiger partial charge in [-0.05, 0) is 97.1 Å². The number of aromatic nitrogens is 1. The fourth-order valence-corrected chi connectivity index (χ4v) is 8.87. The third-order valence-electron chi connectivity index (χ3n) is 9.94. The molecule has 0 saturated carbocycles. The minimum absolute atomic E-state index is 1.09. The molecule has 10 aromatic rings. The summed E-state index contributed by atoms with van der Waals surface area (Å²) in [6.07, 6.45) is 0. The van der Waals surface area contributed by atoms with Gasteiger partial charge < -0.3 is 14.4 Å². The van der Waals surface area contributed by atoms with Crippen LogP contribution in [0.3, 0.4) is 0 Å². The maximum atomic E-state index is 2.45. The molecule has 246 valence electrons. The molecule has 0 saturated heterocycles. The van der Waals surface area contributed by atoms with Crippen LogP contribution in [0.4, 0.5) is 34.1 Å². The van der Waals surface area contributed by atoms with E-state index in [2.05, 4.69) is 215 Å². The molecule has 0 aliphatic rings. The van der Waals surface area contributed by atoms with E-state index in [1.165, 1.54) is 42.0 Å². The van der Waals surface area contributed by atoms with Crippen LogP contribution in [-0.4, -0.2) is 4.57 Å². The molecule has 0 amide bonds. The Morgan fingerprint density at radius 2 is 0.808 bits per heavy atom. The summed E-state index contributed by atoms with van der Waals surface area (Å²) in [5.41, 5.74) is 10.3. The molecule has 3 nitrogen and oxygen atoms in total. The Bertz CT molecular complexity index is 2790. The average Bonchev–Trinajstić information content (AvgIpc) is 3.76. The van der Waals surface area contributed by atoms with Gasteiger partial charge in [-0.1, -0.05) is 103 Å². The zero-order valence-corrected chi connectivity index (χ0v) is 29.1. The first-order chi connectivity index (χ1) is 25.8. The highest BCUT2D eigenvalue weighted by atomic mass is 32.1. The highest BCUT2D eigenvalue weighted by Gasteiger charge is 2.21. The summed E-state index contributed by atoms with van der Waals surface area (Å²) in [5.74, 6) is 0. The fourth-order valence-electron chi connectivity index (χ4n) is 7.63. The molecular formula is C48H33N3S. The largest absolute Gasteiger partial charge is 0.311 e. The Balaban J connectivity index is 1.16. The van der Waals surface area contributed by atoms with E-state index in [1.807, 2.05) is 11.3 Å². The standard InChI is InChI=1S/C48H33N3S/c1-5-15-34(16-6-1)49(35-17-7-2-8-18-35)38-25-27-39(28-26-38)50(36-19-9-3-10-20-36)40-29-32-45-44(33-40)42-30-31-43-41-23-13-14-24-46(41)52-48(43)47(42)51(45)37-21-11-4-12-22-37/h1-33H. The van der Waals surface area contributed by atoms with Crippen molar-refractivity contribution in [2.24, 2.45) is 0 Å². The van der Waals surface area contributed by atoms with Crippen LogP contribution in [0, 0.1) is 0 Å². The summed E-state index contributed by atoms with van der Waals surface area (Å²) in [5, 5.41) is 5.10. The fraction of sp³-hybridized carbons (Fsp3) is 0. The minimum Gasteiger partial charge on any atom is -0.311 e. The van der Waals surface area contributed by atoms with Crippen LogP contribution in [0.25, 0.3) is 47.7 Å². The number of nitrogens with zero attached hydrogens (tertiary/aromatic N) is 3. The highest BCUT2D eigenvalue weighted by molar-refractivity contribution is 7.26. The first-order valence-corrected chi connectivity index (χ1v) is 18.4. The second kappa shape index (κ2) is 12.6. The van der Waals surface area contributed by atoms with E-state index >= 15 is 0 Å². The van der Waals surface area contributed by atoms with E-state index < -0.39 is 0 Å². The maximum Gasteiger partial charge on any atom is 0.0719 e. The minimum atomic E-state index is 1.09. The number of thiophene rings is 1. The monoisotopic (exact) mass is 683 g/mol. The molecule has 52 heavy (non-hydrogen) atoms. The van der Waals surface area contributed by atoms with Gasteiger partial charge in [0, 0.05) is 66.1 Å². The molecule has 0 atom stereocenters. The molecule has 0 bridgehead atoms. The number of hydrogen-bond donors (Lipinski definition) is 0. The van der Waals surface area contributed by atoms with Gasteiger partial charge >= 0.3 is 0 Å². The summed E-state index contributed by atoms with van der Waals surface area (Å²) in [4.78, 5) is 4.66. The normalized spacial score (nSPS) is 11.5. The molecule has 0 aliphatic carbocycles. The van der Waals surface area contributed by atoms with Crippen molar-refractivity contribution >= 4 is 87.4 Å². The van der Waals surface area contributed by atoms with Crippen LogP contribution >= 0.6 is 11.3 Å². The van der Waals surface area contributed by atoms with Crippen LogP contribution < -0.4 is 9.80 Å². The van der Waals surface area contributed by atoms with Gasteiger partial charge in [-0.25, -0.2) is 0 Å². The van der Waals surface area contributed by atoms with Crippen LogP contribution in [0.2, 0.25) is 0 Å². The van der Waals surface area contributed by atoms with E-state index in [0.717, 1.165) is 39.8 Å². The molecule has 0 spiro atoms. The first kappa shape index (κ1) is 30.2. The molecule has 10 rings (SSSR count). The number of para-hydroxylation sites is 4. The van der Waals surface area contributed by atoms with Gasteiger partial charge in [-0.15, -0.1) is 11.3 Å². The quantitative estimate of drug-likeness (QED) is 0.166. The number of fused-ring (bicyclic) bond motifs is 7. The highest BCUT2D eigenvalue weighted by Crippen LogP contribution is 2.45. The molecule has 2 aromatic heterocycles. The van der Waals surface area contributed by atoms with Crippen molar-refractivity contribution in [3.8, 4) is 5.69 Å². The van der Waals surface area contributed by atoms with Gasteiger partial charge in [0.2, 0.25) is 0 Å². The zero-order chi connectivity index (χ0) is 34.4. The first-order valence-electron chi connectivity index (χ1n) is 17.6. The average molecular weight is 684 g/mol. The SMILES string of the molecule is c1ccc(N(c2ccccc2)c2ccc(N(c3ccccc3)c3ccc4c(c3)c3ccc5c6ccccc6sc5c3n4-c3ccccc3)cc2)cc1. The van der Waals surface area contributed by atoms with Crippen molar-refractivity contribution in [3.05, 3.63) is 200 Å². The smallest absolute Gasteiger partial charge is 0.0719 e. The summed E-state index contributed by atoms with van der Waals surface area (Å²) in [6, 6.07) is 71.8. The Morgan fingerprint density at radius 3 is 1.40 bits per heavy atom. The molecule has 0 unspecified atom stereocenters. The topological polar surface area (TPSA) is 11.4 Å². The second-order valence-corrected chi connectivity index (χ2v) is 14.1.